The molecule has 3 saturated carbocycles. The Balaban J connectivity index is 1.45. The van der Waals surface area contributed by atoms with E-state index in [0.29, 0.717) is 17.6 Å². The van der Waals surface area contributed by atoms with Crippen LogP contribution in [0.1, 0.15) is 25.7 Å². The Labute approximate surface area is 172 Å². The molecule has 8 heteroatoms. The van der Waals surface area contributed by atoms with Crippen LogP contribution in [0.25, 0.3) is 27.9 Å². The number of carboxylic acids is 1. The van der Waals surface area contributed by atoms with E-state index in [-0.39, 0.29) is 17.9 Å². The van der Waals surface area contributed by atoms with Gasteiger partial charge >= 0.3 is 5.97 Å². The number of anilines is 1. The highest BCUT2D eigenvalue weighted by atomic mass is 16.4. The molecular formula is C22H22N6O2. The number of rotatable bonds is 4. The highest BCUT2D eigenvalue weighted by Crippen LogP contribution is 2.46. The molecule has 8 nitrogen and oxygen atoms in total. The van der Waals surface area contributed by atoms with Gasteiger partial charge in [-0.1, -0.05) is 0 Å². The third-order valence-corrected chi connectivity index (χ3v) is 6.89. The van der Waals surface area contributed by atoms with Crippen LogP contribution in [0.4, 0.5) is 5.82 Å². The number of nitrogens with one attached hydrogen (secondary N) is 2. The molecule has 4 aromatic rings. The summed E-state index contributed by atoms with van der Waals surface area (Å²) in [4.78, 5) is 24.4. The van der Waals surface area contributed by atoms with Gasteiger partial charge in [0, 0.05) is 35.6 Å². The van der Waals surface area contributed by atoms with Crippen molar-refractivity contribution in [1.29, 1.82) is 0 Å². The van der Waals surface area contributed by atoms with Gasteiger partial charge in [-0.05, 0) is 61.8 Å². The predicted octanol–water partition coefficient (Wildman–Crippen LogP) is 3.57. The Morgan fingerprint density at radius 1 is 1.17 bits per heavy atom. The summed E-state index contributed by atoms with van der Waals surface area (Å²) in [5, 5.41) is 19.1. The van der Waals surface area contributed by atoms with Crippen molar-refractivity contribution in [3.8, 4) is 11.4 Å². The molecule has 0 radical (unpaired) electrons. The topological polar surface area (TPSA) is 108 Å². The van der Waals surface area contributed by atoms with Crippen LogP contribution in [-0.2, 0) is 4.79 Å². The first kappa shape index (κ1) is 17.4. The van der Waals surface area contributed by atoms with Crippen LogP contribution in [0.5, 0.6) is 0 Å². The molecule has 2 bridgehead atoms. The molecule has 0 saturated heterocycles. The van der Waals surface area contributed by atoms with Crippen molar-refractivity contribution in [2.45, 2.75) is 31.7 Å². The van der Waals surface area contributed by atoms with Crippen LogP contribution in [0.2, 0.25) is 0 Å². The lowest BCUT2D eigenvalue weighted by Gasteiger charge is -2.47. The summed E-state index contributed by atoms with van der Waals surface area (Å²) < 4.78 is 1.80. The Hall–Kier alpha value is -3.42. The minimum atomic E-state index is -0.703. The lowest BCUT2D eigenvalue weighted by atomic mass is 9.61. The van der Waals surface area contributed by atoms with Crippen LogP contribution >= 0.6 is 0 Å². The third kappa shape index (κ3) is 2.59. The van der Waals surface area contributed by atoms with Crippen molar-refractivity contribution in [1.82, 2.24) is 24.6 Å². The maximum Gasteiger partial charge on any atom is 0.308 e. The van der Waals surface area contributed by atoms with Crippen LogP contribution in [0, 0.1) is 17.8 Å². The van der Waals surface area contributed by atoms with Crippen LogP contribution in [-0.4, -0.2) is 41.7 Å². The average molecular weight is 402 g/mol. The largest absolute Gasteiger partial charge is 0.481 e. The molecule has 0 aliphatic heterocycles. The van der Waals surface area contributed by atoms with Gasteiger partial charge in [-0.3, -0.25) is 4.79 Å². The van der Waals surface area contributed by atoms with Crippen LogP contribution in [0.15, 0.2) is 42.9 Å². The minimum absolute atomic E-state index is 0.110. The first-order chi connectivity index (χ1) is 14.7. The lowest BCUT2D eigenvalue weighted by molar-refractivity contribution is -0.148. The van der Waals surface area contributed by atoms with Gasteiger partial charge in [0.1, 0.15) is 11.2 Å². The molecule has 3 fully saturated rings. The molecule has 0 spiro atoms. The molecule has 4 heterocycles. The quantitative estimate of drug-likeness (QED) is 0.482. The zero-order valence-corrected chi connectivity index (χ0v) is 16.3. The van der Waals surface area contributed by atoms with Gasteiger partial charge in [-0.25, -0.2) is 14.5 Å². The summed E-state index contributed by atoms with van der Waals surface area (Å²) in [5.74, 6) is 0.796. The SMILES string of the molecule is O=C(O)C1C2CCC(CC2)C1Nc1nc(-c2c[nH]c3ncccc23)nn2cccc12. The van der Waals surface area contributed by atoms with E-state index < -0.39 is 5.97 Å². The number of hydrogen-bond donors (Lipinski definition) is 3. The molecular weight excluding hydrogens is 380 g/mol. The van der Waals surface area contributed by atoms with E-state index in [0.717, 1.165) is 47.8 Å². The fraction of sp³-hybridized carbons (Fsp3) is 0.364. The number of carbonyl (C=O) groups is 1. The van der Waals surface area contributed by atoms with Gasteiger partial charge in [0.15, 0.2) is 11.6 Å². The number of nitrogens with zero attached hydrogens (tertiary/aromatic N) is 4. The highest BCUT2D eigenvalue weighted by Gasteiger charge is 2.47. The number of carboxylic acid groups (broad SMARTS) is 1. The van der Waals surface area contributed by atoms with E-state index in [1.807, 2.05) is 36.7 Å². The van der Waals surface area contributed by atoms with E-state index in [1.165, 1.54) is 0 Å². The second-order valence-corrected chi connectivity index (χ2v) is 8.43. The molecule has 0 amide bonds. The standard InChI is InChI=1S/C22H22N6O2/c29-22(30)17-12-5-7-13(8-6-12)18(17)25-21-16-4-2-10-28(16)27-20(26-21)15-11-24-19-14(15)3-1-9-23-19/h1-4,9-13,17-18H,5-8H2,(H,23,24)(H,29,30)(H,25,26,27). The minimum Gasteiger partial charge on any atom is -0.481 e. The number of fused-ring (bicyclic) bond motifs is 5. The highest BCUT2D eigenvalue weighted by molar-refractivity contribution is 5.91. The van der Waals surface area contributed by atoms with Gasteiger partial charge in [-0.15, -0.1) is 5.10 Å². The van der Waals surface area contributed by atoms with E-state index in [2.05, 4.69) is 20.4 Å². The Kier molecular flexibility index (Phi) is 3.81. The van der Waals surface area contributed by atoms with Gasteiger partial charge in [0.05, 0.1) is 5.92 Å². The number of aromatic amines is 1. The third-order valence-electron chi connectivity index (χ3n) is 6.89. The van der Waals surface area contributed by atoms with E-state index in [9.17, 15) is 9.90 Å². The van der Waals surface area contributed by atoms with Crippen LogP contribution < -0.4 is 5.32 Å². The second kappa shape index (κ2) is 6.55. The summed E-state index contributed by atoms with van der Waals surface area (Å²) >= 11 is 0. The summed E-state index contributed by atoms with van der Waals surface area (Å²) in [5.41, 5.74) is 2.51. The number of H-pyrrole nitrogens is 1. The van der Waals surface area contributed by atoms with Gasteiger partial charge in [0.25, 0.3) is 0 Å². The number of aliphatic carboxylic acids is 1. The Bertz CT molecular complexity index is 1250. The zero-order chi connectivity index (χ0) is 20.2. The zero-order valence-electron chi connectivity index (χ0n) is 16.3. The predicted molar refractivity (Wildman–Crippen MR) is 112 cm³/mol. The average Bonchev–Trinajstić information content (AvgIpc) is 3.41. The summed E-state index contributed by atoms with van der Waals surface area (Å²) in [6.07, 6.45) is 9.69. The first-order valence-electron chi connectivity index (χ1n) is 10.5. The Morgan fingerprint density at radius 3 is 2.83 bits per heavy atom. The van der Waals surface area contributed by atoms with E-state index >= 15 is 0 Å². The van der Waals surface area contributed by atoms with Gasteiger partial charge in [0.2, 0.25) is 0 Å². The van der Waals surface area contributed by atoms with Crippen molar-refractivity contribution in [3.63, 3.8) is 0 Å². The van der Waals surface area contributed by atoms with Crippen LogP contribution in [0.3, 0.4) is 0 Å². The molecule has 2 unspecified atom stereocenters. The maximum absolute atomic E-state index is 12.1. The summed E-state index contributed by atoms with van der Waals surface area (Å²) in [6.45, 7) is 0. The number of aromatic nitrogens is 5. The van der Waals surface area contributed by atoms with E-state index in [1.54, 1.807) is 10.7 Å². The molecule has 3 aliphatic rings. The number of pyridine rings is 1. The second-order valence-electron chi connectivity index (χ2n) is 8.43. The maximum atomic E-state index is 12.1. The van der Waals surface area contributed by atoms with Crippen molar-refractivity contribution in [2.75, 3.05) is 5.32 Å². The van der Waals surface area contributed by atoms with Crippen molar-refractivity contribution >= 4 is 28.3 Å². The fourth-order valence-corrected chi connectivity index (χ4v) is 5.47. The first-order valence-corrected chi connectivity index (χ1v) is 10.5. The summed E-state index contributed by atoms with van der Waals surface area (Å²) in [7, 11) is 0. The van der Waals surface area contributed by atoms with Crippen molar-refractivity contribution in [2.24, 2.45) is 17.8 Å². The molecule has 3 aliphatic carbocycles. The molecule has 152 valence electrons. The van der Waals surface area contributed by atoms with Crippen molar-refractivity contribution in [3.05, 3.63) is 42.9 Å². The molecule has 0 aromatic carbocycles. The smallest absolute Gasteiger partial charge is 0.308 e. The summed E-state index contributed by atoms with van der Waals surface area (Å²) in [6, 6.07) is 7.66. The molecule has 30 heavy (non-hydrogen) atoms. The molecule has 3 N–H and O–H groups in total. The normalized spacial score (nSPS) is 25.7. The molecule has 2 atom stereocenters. The monoisotopic (exact) mass is 402 g/mol. The molecule has 4 aromatic heterocycles. The number of hydrogen-bond acceptors (Lipinski definition) is 5. The lowest BCUT2D eigenvalue weighted by Crippen LogP contribution is -2.51. The van der Waals surface area contributed by atoms with Gasteiger partial charge in [-0.2, -0.15) is 0 Å². The van der Waals surface area contributed by atoms with Crippen molar-refractivity contribution < 1.29 is 9.90 Å². The molecule has 7 rings (SSSR count). The Morgan fingerprint density at radius 2 is 2.00 bits per heavy atom. The fourth-order valence-electron chi connectivity index (χ4n) is 5.47. The van der Waals surface area contributed by atoms with Gasteiger partial charge < -0.3 is 15.4 Å². The van der Waals surface area contributed by atoms with E-state index in [4.69, 9.17) is 4.98 Å².